The normalized spacial score (nSPS) is 26.3. The fourth-order valence-corrected chi connectivity index (χ4v) is 4.59. The van der Waals surface area contributed by atoms with Crippen LogP contribution in [0, 0.1) is 17.8 Å². The number of amides is 1. The molecular formula is C20H34Cl2N4O. The maximum absolute atomic E-state index is 12.6. The molecular weight excluding hydrogens is 383 g/mol. The number of rotatable bonds is 6. The first-order chi connectivity index (χ1) is 12.1. The Kier molecular flexibility index (Phi) is 9.85. The lowest BCUT2D eigenvalue weighted by atomic mass is 9.65. The lowest BCUT2D eigenvalue weighted by Gasteiger charge is -2.43. The summed E-state index contributed by atoms with van der Waals surface area (Å²) in [5, 5.41) is 3.12. The van der Waals surface area contributed by atoms with Crippen LogP contribution in [0.15, 0.2) is 18.3 Å². The first-order valence-electron chi connectivity index (χ1n) is 9.85. The molecule has 3 N–H and O–H groups in total. The Balaban J connectivity index is 0.00000182. The molecule has 0 radical (unpaired) electrons. The first kappa shape index (κ1) is 24.0. The monoisotopic (exact) mass is 416 g/mol. The summed E-state index contributed by atoms with van der Waals surface area (Å²) >= 11 is 0. The van der Waals surface area contributed by atoms with Gasteiger partial charge in [-0.3, -0.25) is 4.79 Å². The molecule has 7 heteroatoms. The molecule has 0 aliphatic heterocycles. The van der Waals surface area contributed by atoms with Gasteiger partial charge in [0.1, 0.15) is 5.82 Å². The van der Waals surface area contributed by atoms with E-state index in [1.807, 2.05) is 12.3 Å². The number of hydrogen-bond acceptors (Lipinski definition) is 4. The van der Waals surface area contributed by atoms with E-state index in [2.05, 4.69) is 35.1 Å². The van der Waals surface area contributed by atoms with Gasteiger partial charge in [0.05, 0.1) is 0 Å². The third-order valence-corrected chi connectivity index (χ3v) is 6.15. The Bertz CT molecular complexity index is 566. The predicted molar refractivity (Wildman–Crippen MR) is 116 cm³/mol. The van der Waals surface area contributed by atoms with E-state index in [1.165, 1.54) is 19.3 Å². The first-order valence-corrected chi connectivity index (χ1v) is 9.85. The average Bonchev–Trinajstić information content (AvgIpc) is 2.61. The molecule has 1 amide bonds. The maximum Gasteiger partial charge on any atom is 0.223 e. The molecule has 1 heterocycles. The second-order valence-electron chi connectivity index (χ2n) is 7.61. The number of carbonyl (C=O) groups excluding carboxylic acids is 1. The zero-order valence-corrected chi connectivity index (χ0v) is 18.0. The molecule has 2 aliphatic rings. The summed E-state index contributed by atoms with van der Waals surface area (Å²) in [6.45, 7) is 6.72. The molecule has 0 aromatic carbocycles. The number of nitrogens with one attached hydrogen (secondary N) is 1. The van der Waals surface area contributed by atoms with Crippen molar-refractivity contribution >= 4 is 36.5 Å². The zero-order valence-electron chi connectivity index (χ0n) is 16.4. The van der Waals surface area contributed by atoms with Crippen molar-refractivity contribution in [2.75, 3.05) is 18.0 Å². The van der Waals surface area contributed by atoms with Gasteiger partial charge < -0.3 is 16.0 Å². The number of nitrogens with two attached hydrogens (primary N) is 1. The van der Waals surface area contributed by atoms with Gasteiger partial charge in [-0.1, -0.05) is 12.5 Å². The number of carbonyl (C=O) groups is 1. The molecule has 2 unspecified atom stereocenters. The van der Waals surface area contributed by atoms with Crippen LogP contribution in [-0.2, 0) is 11.3 Å². The highest BCUT2D eigenvalue weighted by atomic mass is 35.5. The quantitative estimate of drug-likeness (QED) is 0.743. The second-order valence-corrected chi connectivity index (χ2v) is 7.61. The number of halogens is 2. The summed E-state index contributed by atoms with van der Waals surface area (Å²) in [5.41, 5.74) is 7.38. The summed E-state index contributed by atoms with van der Waals surface area (Å²) in [6.07, 6.45) is 7.46. The smallest absolute Gasteiger partial charge is 0.223 e. The molecule has 3 rings (SSSR count). The Hall–Kier alpha value is -1.04. The van der Waals surface area contributed by atoms with Crippen LogP contribution >= 0.6 is 24.8 Å². The molecule has 2 atom stereocenters. The fourth-order valence-electron chi connectivity index (χ4n) is 4.59. The van der Waals surface area contributed by atoms with E-state index < -0.39 is 0 Å². The Morgan fingerprint density at radius 3 is 2.33 bits per heavy atom. The predicted octanol–water partition coefficient (Wildman–Crippen LogP) is 3.54. The standard InChI is InChI=1S/C20H32N4O.2ClH/c1-3-24(4-2)18-9-8-14(12-22-18)13-23-20(25)17-10-15-6-5-7-16(11-17)19(15)21;;/h8-9,12,15-17,19H,3-7,10-11,13,21H2,1-2H3,(H,23,25);2*1H. The van der Waals surface area contributed by atoms with Crippen molar-refractivity contribution in [1.82, 2.24) is 10.3 Å². The Labute approximate surface area is 175 Å². The van der Waals surface area contributed by atoms with Crippen molar-refractivity contribution in [1.29, 1.82) is 0 Å². The highest BCUT2D eigenvalue weighted by molar-refractivity contribution is 5.85. The molecule has 0 saturated heterocycles. The molecule has 27 heavy (non-hydrogen) atoms. The topological polar surface area (TPSA) is 71.2 Å². The molecule has 2 fully saturated rings. The van der Waals surface area contributed by atoms with Gasteiger partial charge >= 0.3 is 0 Å². The van der Waals surface area contributed by atoms with Crippen LogP contribution < -0.4 is 16.0 Å². The van der Waals surface area contributed by atoms with Crippen molar-refractivity contribution in [2.45, 2.75) is 58.5 Å². The molecule has 1 aromatic heterocycles. The van der Waals surface area contributed by atoms with Gasteiger partial charge in [0.15, 0.2) is 0 Å². The molecule has 5 nitrogen and oxygen atoms in total. The van der Waals surface area contributed by atoms with E-state index in [4.69, 9.17) is 5.73 Å². The zero-order chi connectivity index (χ0) is 17.8. The Morgan fingerprint density at radius 1 is 1.19 bits per heavy atom. The minimum absolute atomic E-state index is 0. The van der Waals surface area contributed by atoms with Crippen LogP contribution in [0.4, 0.5) is 5.82 Å². The van der Waals surface area contributed by atoms with Crippen molar-refractivity contribution in [2.24, 2.45) is 23.5 Å². The molecule has 2 saturated carbocycles. The highest BCUT2D eigenvalue weighted by Crippen LogP contribution is 2.41. The summed E-state index contributed by atoms with van der Waals surface area (Å²) in [4.78, 5) is 19.3. The lowest BCUT2D eigenvalue weighted by molar-refractivity contribution is -0.128. The minimum Gasteiger partial charge on any atom is -0.357 e. The third-order valence-electron chi connectivity index (χ3n) is 6.15. The highest BCUT2D eigenvalue weighted by Gasteiger charge is 2.40. The van der Waals surface area contributed by atoms with Crippen LogP contribution in [0.2, 0.25) is 0 Å². The van der Waals surface area contributed by atoms with Gasteiger partial charge in [-0.2, -0.15) is 0 Å². The maximum atomic E-state index is 12.6. The van der Waals surface area contributed by atoms with Crippen LogP contribution in [0.5, 0.6) is 0 Å². The average molecular weight is 417 g/mol. The molecule has 2 bridgehead atoms. The van der Waals surface area contributed by atoms with E-state index in [0.29, 0.717) is 24.4 Å². The van der Waals surface area contributed by atoms with Crippen LogP contribution in [0.25, 0.3) is 0 Å². The van der Waals surface area contributed by atoms with Gasteiger partial charge in [-0.15, -0.1) is 24.8 Å². The molecule has 154 valence electrons. The molecule has 2 aliphatic carbocycles. The number of anilines is 1. The van der Waals surface area contributed by atoms with Gasteiger partial charge in [-0.25, -0.2) is 4.98 Å². The summed E-state index contributed by atoms with van der Waals surface area (Å²) in [5.74, 6) is 2.40. The van der Waals surface area contributed by atoms with Gasteiger partial charge in [0.25, 0.3) is 0 Å². The van der Waals surface area contributed by atoms with E-state index in [-0.39, 0.29) is 36.6 Å². The van der Waals surface area contributed by atoms with Crippen molar-refractivity contribution < 1.29 is 4.79 Å². The van der Waals surface area contributed by atoms with E-state index in [9.17, 15) is 4.79 Å². The number of pyridine rings is 1. The van der Waals surface area contributed by atoms with E-state index in [0.717, 1.165) is 37.3 Å². The number of nitrogens with zero attached hydrogens (tertiary/aromatic N) is 2. The minimum atomic E-state index is 0. The van der Waals surface area contributed by atoms with Crippen molar-refractivity contribution in [3.63, 3.8) is 0 Å². The van der Waals surface area contributed by atoms with Crippen molar-refractivity contribution in [3.8, 4) is 0 Å². The summed E-state index contributed by atoms with van der Waals surface area (Å²) < 4.78 is 0. The van der Waals surface area contributed by atoms with Crippen molar-refractivity contribution in [3.05, 3.63) is 23.9 Å². The largest absolute Gasteiger partial charge is 0.357 e. The van der Waals surface area contributed by atoms with Crippen LogP contribution in [-0.4, -0.2) is 30.0 Å². The van der Waals surface area contributed by atoms with E-state index >= 15 is 0 Å². The summed E-state index contributed by atoms with van der Waals surface area (Å²) in [7, 11) is 0. The number of aromatic nitrogens is 1. The van der Waals surface area contributed by atoms with E-state index in [1.54, 1.807) is 0 Å². The molecule has 0 spiro atoms. The van der Waals surface area contributed by atoms with Gasteiger partial charge in [0, 0.05) is 37.8 Å². The SMILES string of the molecule is CCN(CC)c1ccc(CNC(=O)C2CC3CCCC(C2)C3N)cn1.Cl.Cl. The van der Waals surface area contributed by atoms with Gasteiger partial charge in [0.2, 0.25) is 5.91 Å². The third kappa shape index (κ3) is 5.72. The van der Waals surface area contributed by atoms with Crippen LogP contribution in [0.1, 0.15) is 51.5 Å². The summed E-state index contributed by atoms with van der Waals surface area (Å²) in [6, 6.07) is 4.42. The van der Waals surface area contributed by atoms with Gasteiger partial charge in [-0.05, 0) is 63.0 Å². The fraction of sp³-hybridized carbons (Fsp3) is 0.700. The Morgan fingerprint density at radius 2 is 1.81 bits per heavy atom. The second kappa shape index (κ2) is 11.1. The van der Waals surface area contributed by atoms with Crippen LogP contribution in [0.3, 0.4) is 0 Å². The number of hydrogen-bond donors (Lipinski definition) is 2. The lowest BCUT2D eigenvalue weighted by Crippen LogP contribution is -2.49. The number of fused-ring (bicyclic) bond motifs is 2. The molecule has 1 aromatic rings.